The van der Waals surface area contributed by atoms with Crippen LogP contribution in [0.1, 0.15) is 26.3 Å². The number of nitro groups is 1. The molecule has 0 bridgehead atoms. The van der Waals surface area contributed by atoms with Gasteiger partial charge in [-0.1, -0.05) is 40.4 Å². The second-order valence-corrected chi connectivity index (χ2v) is 16.4. The molecule has 0 spiro atoms. The number of nitrogens with zero attached hydrogens (tertiary/aromatic N) is 1. The van der Waals surface area contributed by atoms with Gasteiger partial charge >= 0.3 is 0 Å². The Balaban J connectivity index is 2.64. The average Bonchev–Trinajstić information content (AvgIpc) is 2.83. The molecule has 1 atom stereocenters. The normalized spacial score (nSPS) is 14.2. The molecule has 0 fully saturated rings. The fourth-order valence-corrected chi connectivity index (χ4v) is 5.85. The highest BCUT2D eigenvalue weighted by atomic mass is 28.3. The van der Waals surface area contributed by atoms with Crippen molar-refractivity contribution in [1.29, 1.82) is 0 Å². The van der Waals surface area contributed by atoms with Crippen LogP contribution in [0.3, 0.4) is 0 Å². The Morgan fingerprint density at radius 1 is 1.27 bits per heavy atom. The Labute approximate surface area is 159 Å². The van der Waals surface area contributed by atoms with E-state index in [9.17, 15) is 10.1 Å². The third-order valence-corrected chi connectivity index (χ3v) is 7.27. The SMILES string of the molecule is C[Si](C)OC(Cc1c([Si](C)(C)C)[nH]c2ccc([N+](=O)[O-])cc12)C(C)(C)C. The topological polar surface area (TPSA) is 68.2 Å². The fraction of sp³-hybridized carbons (Fsp3) is 0.579. The number of aromatic amines is 1. The fourth-order valence-electron chi connectivity index (χ4n) is 3.20. The molecule has 0 aliphatic heterocycles. The molecule has 0 aliphatic rings. The number of rotatable bonds is 6. The van der Waals surface area contributed by atoms with E-state index in [1.54, 1.807) is 12.1 Å². The molecule has 0 saturated carbocycles. The molecule has 0 amide bonds. The maximum atomic E-state index is 11.3. The van der Waals surface area contributed by atoms with E-state index in [1.807, 2.05) is 6.07 Å². The summed E-state index contributed by atoms with van der Waals surface area (Å²) in [4.78, 5) is 14.5. The molecule has 1 unspecified atom stereocenters. The van der Waals surface area contributed by atoms with Crippen LogP contribution in [-0.2, 0) is 10.8 Å². The van der Waals surface area contributed by atoms with Crippen LogP contribution in [0.4, 0.5) is 5.69 Å². The predicted molar refractivity (Wildman–Crippen MR) is 113 cm³/mol. The van der Waals surface area contributed by atoms with Gasteiger partial charge in [0.15, 0.2) is 0 Å². The van der Waals surface area contributed by atoms with Gasteiger partial charge in [-0.2, -0.15) is 0 Å². The third kappa shape index (κ3) is 4.63. The van der Waals surface area contributed by atoms with E-state index in [4.69, 9.17) is 4.43 Å². The molecule has 7 heteroatoms. The van der Waals surface area contributed by atoms with Crippen molar-refractivity contribution in [3.05, 3.63) is 33.9 Å². The van der Waals surface area contributed by atoms with Crippen molar-refractivity contribution in [2.75, 3.05) is 0 Å². The van der Waals surface area contributed by atoms with E-state index >= 15 is 0 Å². The second kappa shape index (κ2) is 7.29. The number of nitro benzene ring substituents is 1. The highest BCUT2D eigenvalue weighted by Crippen LogP contribution is 2.31. The molecule has 1 heterocycles. The smallest absolute Gasteiger partial charge is 0.270 e. The average molecular weight is 392 g/mol. The number of non-ortho nitro benzene ring substituents is 1. The lowest BCUT2D eigenvalue weighted by atomic mass is 9.85. The van der Waals surface area contributed by atoms with E-state index in [-0.39, 0.29) is 22.1 Å². The summed E-state index contributed by atoms with van der Waals surface area (Å²) in [5.41, 5.74) is 2.33. The van der Waals surface area contributed by atoms with Gasteiger partial charge in [0.1, 0.15) is 0 Å². The summed E-state index contributed by atoms with van der Waals surface area (Å²) >= 11 is 0. The molecular weight excluding hydrogens is 360 g/mol. The van der Waals surface area contributed by atoms with Gasteiger partial charge in [0.2, 0.25) is 9.04 Å². The number of aromatic nitrogens is 1. The molecule has 2 aromatic rings. The van der Waals surface area contributed by atoms with Crippen LogP contribution in [0.2, 0.25) is 32.7 Å². The lowest BCUT2D eigenvalue weighted by Crippen LogP contribution is -2.43. The lowest BCUT2D eigenvalue weighted by Gasteiger charge is -2.33. The summed E-state index contributed by atoms with van der Waals surface area (Å²) < 4.78 is 6.35. The minimum absolute atomic E-state index is 0.00293. The highest BCUT2D eigenvalue weighted by molar-refractivity contribution is 6.88. The number of nitrogens with one attached hydrogen (secondary N) is 1. The number of H-pyrrole nitrogens is 1. The van der Waals surface area contributed by atoms with Crippen molar-refractivity contribution in [3.63, 3.8) is 0 Å². The van der Waals surface area contributed by atoms with Crippen LogP contribution in [0.15, 0.2) is 18.2 Å². The quantitative estimate of drug-likeness (QED) is 0.435. The molecule has 1 radical (unpaired) electrons. The van der Waals surface area contributed by atoms with Crippen molar-refractivity contribution in [3.8, 4) is 0 Å². The predicted octanol–water partition coefficient (Wildman–Crippen LogP) is 4.85. The van der Waals surface area contributed by atoms with Crippen LogP contribution in [-0.4, -0.2) is 33.1 Å². The number of benzene rings is 1. The summed E-state index contributed by atoms with van der Waals surface area (Å²) in [6.07, 6.45) is 0.861. The molecule has 0 aliphatic carbocycles. The van der Waals surface area contributed by atoms with Gasteiger partial charge in [-0.3, -0.25) is 10.1 Å². The summed E-state index contributed by atoms with van der Waals surface area (Å²) in [5.74, 6) is 0. The minimum atomic E-state index is -1.64. The first-order valence-corrected chi connectivity index (χ1v) is 15.0. The Bertz CT molecular complexity index is 801. The lowest BCUT2D eigenvalue weighted by molar-refractivity contribution is -0.384. The maximum absolute atomic E-state index is 11.3. The number of hydrogen-bond donors (Lipinski definition) is 1. The molecule has 1 N–H and O–H groups in total. The van der Waals surface area contributed by atoms with Gasteiger partial charge in [0, 0.05) is 28.4 Å². The Kier molecular flexibility index (Phi) is 5.85. The Morgan fingerprint density at radius 2 is 1.88 bits per heavy atom. The monoisotopic (exact) mass is 391 g/mol. The molecule has 1 aromatic heterocycles. The number of fused-ring (bicyclic) bond motifs is 1. The second-order valence-electron chi connectivity index (χ2n) is 9.30. The largest absolute Gasteiger partial charge is 0.413 e. The summed E-state index contributed by atoms with van der Waals surface area (Å²) in [7, 11) is -2.49. The highest BCUT2D eigenvalue weighted by Gasteiger charge is 2.32. The van der Waals surface area contributed by atoms with Gasteiger partial charge in [-0.05, 0) is 36.6 Å². The van der Waals surface area contributed by atoms with Crippen LogP contribution in [0.5, 0.6) is 0 Å². The Hall–Kier alpha value is -1.45. The third-order valence-electron chi connectivity index (χ3n) is 4.58. The first-order chi connectivity index (χ1) is 11.8. The van der Waals surface area contributed by atoms with Crippen molar-refractivity contribution in [2.24, 2.45) is 5.41 Å². The van der Waals surface area contributed by atoms with Gasteiger partial charge < -0.3 is 9.41 Å². The van der Waals surface area contributed by atoms with Crippen LogP contribution < -0.4 is 5.32 Å². The van der Waals surface area contributed by atoms with Crippen molar-refractivity contribution < 1.29 is 9.35 Å². The first-order valence-electron chi connectivity index (χ1n) is 9.07. The van der Waals surface area contributed by atoms with Gasteiger partial charge in [-0.15, -0.1) is 0 Å². The summed E-state index contributed by atoms with van der Waals surface area (Å²) in [5, 5.41) is 13.5. The van der Waals surface area contributed by atoms with E-state index < -0.39 is 17.1 Å². The molecule has 1 aromatic carbocycles. The van der Waals surface area contributed by atoms with Gasteiger partial charge in [0.25, 0.3) is 5.69 Å². The van der Waals surface area contributed by atoms with E-state index in [0.29, 0.717) is 0 Å². The van der Waals surface area contributed by atoms with Crippen LogP contribution in [0, 0.1) is 15.5 Å². The first kappa shape index (κ1) is 20.9. The van der Waals surface area contributed by atoms with Gasteiger partial charge in [0.05, 0.1) is 19.1 Å². The molecule has 2 rings (SSSR count). The van der Waals surface area contributed by atoms with Gasteiger partial charge in [-0.25, -0.2) is 0 Å². The zero-order chi connectivity index (χ0) is 19.9. The Morgan fingerprint density at radius 3 is 2.35 bits per heavy atom. The molecular formula is C19H31N2O3Si2. The molecule has 0 saturated heterocycles. The van der Waals surface area contributed by atoms with E-state index in [1.165, 1.54) is 10.9 Å². The van der Waals surface area contributed by atoms with Crippen molar-refractivity contribution >= 4 is 39.0 Å². The maximum Gasteiger partial charge on any atom is 0.270 e. The van der Waals surface area contributed by atoms with Crippen molar-refractivity contribution in [1.82, 2.24) is 4.98 Å². The van der Waals surface area contributed by atoms with Crippen molar-refractivity contribution in [2.45, 2.75) is 66.0 Å². The molecule has 143 valence electrons. The zero-order valence-corrected chi connectivity index (χ0v) is 19.2. The zero-order valence-electron chi connectivity index (χ0n) is 17.2. The summed E-state index contributed by atoms with van der Waals surface area (Å²) in [6.45, 7) is 17.8. The van der Waals surface area contributed by atoms with E-state index in [0.717, 1.165) is 17.3 Å². The minimum Gasteiger partial charge on any atom is -0.413 e. The standard InChI is InChI=1S/C19H31N2O3Si2/c1-19(2,3)17(24-25(4)5)12-15-14-11-13(21(22)23)9-10-16(14)20-18(15)26(6,7)8/h9-11,17,20H,12H2,1-8H3. The van der Waals surface area contributed by atoms with E-state index in [2.05, 4.69) is 58.5 Å². The molecule has 5 nitrogen and oxygen atoms in total. The number of hydrogen-bond acceptors (Lipinski definition) is 3. The van der Waals surface area contributed by atoms with Crippen LogP contribution >= 0.6 is 0 Å². The van der Waals surface area contributed by atoms with Crippen LogP contribution in [0.25, 0.3) is 10.9 Å². The molecule has 26 heavy (non-hydrogen) atoms. The summed E-state index contributed by atoms with van der Waals surface area (Å²) in [6, 6.07) is 5.13.